The average Bonchev–Trinajstić information content (AvgIpc) is 2.93. The number of benzene rings is 5. The Balaban J connectivity index is 1.76. The fourth-order valence-corrected chi connectivity index (χ4v) is 5.33. The number of hydrogen-bond donors (Lipinski definition) is 2. The van der Waals surface area contributed by atoms with Crippen molar-refractivity contribution in [3.63, 3.8) is 0 Å². The second-order valence-electron chi connectivity index (χ2n) is 9.88. The van der Waals surface area contributed by atoms with Gasteiger partial charge in [-0.15, -0.1) is 0 Å². The third-order valence-corrected chi connectivity index (χ3v) is 7.42. The number of fused-ring (bicyclic) bond motifs is 3. The highest BCUT2D eigenvalue weighted by molar-refractivity contribution is 6.24. The van der Waals surface area contributed by atoms with E-state index in [9.17, 15) is 0 Å². The molecule has 36 heavy (non-hydrogen) atoms. The number of unbranched alkanes of at least 4 members (excludes halogenated alkanes) is 2. The number of hydrogen-bond acceptors (Lipinski definition) is 2. The summed E-state index contributed by atoms with van der Waals surface area (Å²) in [6.07, 6.45) is 7.06. The summed E-state index contributed by atoms with van der Waals surface area (Å²) in [7, 11) is 0. The van der Waals surface area contributed by atoms with Crippen LogP contribution < -0.4 is 11.5 Å². The van der Waals surface area contributed by atoms with E-state index in [2.05, 4.69) is 92.7 Å². The fourth-order valence-electron chi connectivity index (χ4n) is 5.33. The molecule has 0 unspecified atom stereocenters. The molecule has 0 fully saturated rings. The summed E-state index contributed by atoms with van der Waals surface area (Å²) in [4.78, 5) is 0. The molecule has 0 radical (unpaired) electrons. The highest BCUT2D eigenvalue weighted by Crippen LogP contribution is 2.45. The zero-order chi connectivity index (χ0) is 25.1. The maximum absolute atomic E-state index is 6.82. The molecule has 0 heterocycles. The molecule has 5 aromatic carbocycles. The molecule has 0 aliphatic carbocycles. The monoisotopic (exact) mass is 472 g/mol. The Hall–Kier alpha value is -3.78. The van der Waals surface area contributed by atoms with E-state index in [0.29, 0.717) is 11.4 Å². The van der Waals surface area contributed by atoms with Crippen LogP contribution in [0.15, 0.2) is 84.9 Å². The molecule has 5 aromatic rings. The van der Waals surface area contributed by atoms with Crippen LogP contribution in [-0.4, -0.2) is 0 Å². The summed E-state index contributed by atoms with van der Waals surface area (Å²) in [6.45, 7) is 4.48. The SMILES string of the molecule is CCCCc1ccc(-c2ccc3c(c(N)c(N)c4ccccc43)c2-c2ccc(CCCC)cc2)cc1. The summed E-state index contributed by atoms with van der Waals surface area (Å²) in [5.74, 6) is 0. The van der Waals surface area contributed by atoms with Crippen LogP contribution in [0.2, 0.25) is 0 Å². The van der Waals surface area contributed by atoms with Gasteiger partial charge in [0.2, 0.25) is 0 Å². The lowest BCUT2D eigenvalue weighted by Gasteiger charge is -2.19. The normalized spacial score (nSPS) is 11.4. The standard InChI is InChI=1S/C34H36N2/c1-3-5-9-23-13-17-25(18-14-23)27-21-22-29-28-11-7-8-12-30(28)33(35)34(36)32(29)31(27)26-19-15-24(16-20-26)10-6-4-2/h7-8,11-22H,3-6,9-10,35-36H2,1-2H3. The third-order valence-electron chi connectivity index (χ3n) is 7.42. The molecule has 0 spiro atoms. The Kier molecular flexibility index (Phi) is 6.95. The van der Waals surface area contributed by atoms with Gasteiger partial charge in [-0.2, -0.15) is 0 Å². The smallest absolute Gasteiger partial charge is 0.0640 e. The van der Waals surface area contributed by atoms with Crippen molar-refractivity contribution in [2.45, 2.75) is 52.4 Å². The minimum atomic E-state index is 0.658. The van der Waals surface area contributed by atoms with Gasteiger partial charge in [-0.25, -0.2) is 0 Å². The van der Waals surface area contributed by atoms with Gasteiger partial charge in [-0.1, -0.05) is 112 Å². The van der Waals surface area contributed by atoms with Gasteiger partial charge in [0.1, 0.15) is 0 Å². The topological polar surface area (TPSA) is 52.0 Å². The van der Waals surface area contributed by atoms with Crippen LogP contribution in [0.1, 0.15) is 50.7 Å². The molecule has 2 nitrogen and oxygen atoms in total. The lowest BCUT2D eigenvalue weighted by molar-refractivity contribution is 0.795. The summed E-state index contributed by atoms with van der Waals surface area (Å²) in [5.41, 5.74) is 22.3. The van der Waals surface area contributed by atoms with Crippen LogP contribution >= 0.6 is 0 Å². The van der Waals surface area contributed by atoms with Gasteiger partial charge in [-0.3, -0.25) is 0 Å². The van der Waals surface area contributed by atoms with Crippen LogP contribution in [0.4, 0.5) is 11.4 Å². The number of nitrogen functional groups attached to an aromatic ring is 2. The number of aryl methyl sites for hydroxylation is 2. The molecule has 0 aromatic heterocycles. The van der Waals surface area contributed by atoms with Crippen LogP contribution in [0, 0.1) is 0 Å². The summed E-state index contributed by atoms with van der Waals surface area (Å²) in [5, 5.41) is 4.34. The van der Waals surface area contributed by atoms with E-state index in [0.717, 1.165) is 39.9 Å². The largest absolute Gasteiger partial charge is 0.397 e. The van der Waals surface area contributed by atoms with E-state index in [4.69, 9.17) is 11.5 Å². The number of rotatable bonds is 8. The molecule has 5 rings (SSSR count). The Morgan fingerprint density at radius 3 is 1.67 bits per heavy atom. The van der Waals surface area contributed by atoms with Crippen molar-refractivity contribution in [3.8, 4) is 22.3 Å². The number of anilines is 2. The Morgan fingerprint density at radius 1 is 0.528 bits per heavy atom. The Labute approximate surface area is 215 Å². The van der Waals surface area contributed by atoms with Crippen LogP contribution in [0.25, 0.3) is 43.8 Å². The van der Waals surface area contributed by atoms with E-state index in [1.165, 1.54) is 53.5 Å². The van der Waals surface area contributed by atoms with Crippen LogP contribution in [-0.2, 0) is 12.8 Å². The van der Waals surface area contributed by atoms with E-state index >= 15 is 0 Å². The lowest BCUT2D eigenvalue weighted by atomic mass is 9.86. The lowest BCUT2D eigenvalue weighted by Crippen LogP contribution is -2.00. The maximum Gasteiger partial charge on any atom is 0.0640 e. The van der Waals surface area contributed by atoms with E-state index in [1.54, 1.807) is 0 Å². The second-order valence-corrected chi connectivity index (χ2v) is 9.88. The van der Waals surface area contributed by atoms with Gasteiger partial charge in [0.25, 0.3) is 0 Å². The molecule has 182 valence electrons. The molecule has 0 amide bonds. The maximum atomic E-state index is 6.82. The third kappa shape index (κ3) is 4.44. The van der Waals surface area contributed by atoms with Crippen molar-refractivity contribution >= 4 is 32.9 Å². The van der Waals surface area contributed by atoms with Gasteiger partial charge >= 0.3 is 0 Å². The highest BCUT2D eigenvalue weighted by atomic mass is 14.7. The van der Waals surface area contributed by atoms with Crippen molar-refractivity contribution in [2.75, 3.05) is 11.5 Å². The first-order chi connectivity index (χ1) is 17.6. The molecule has 4 N–H and O–H groups in total. The van der Waals surface area contributed by atoms with E-state index < -0.39 is 0 Å². The first-order valence-corrected chi connectivity index (χ1v) is 13.3. The molecule has 0 bridgehead atoms. The zero-order valence-electron chi connectivity index (χ0n) is 21.5. The van der Waals surface area contributed by atoms with Gasteiger partial charge < -0.3 is 11.5 Å². The fraction of sp³-hybridized carbons (Fsp3) is 0.235. The Bertz CT molecular complexity index is 1500. The molecule has 0 atom stereocenters. The Morgan fingerprint density at radius 2 is 1.08 bits per heavy atom. The number of nitrogens with two attached hydrogens (primary N) is 2. The van der Waals surface area contributed by atoms with Crippen molar-refractivity contribution < 1.29 is 0 Å². The van der Waals surface area contributed by atoms with Crippen molar-refractivity contribution in [3.05, 3.63) is 96.1 Å². The van der Waals surface area contributed by atoms with Gasteiger partial charge in [-0.05, 0) is 69.8 Å². The summed E-state index contributed by atoms with van der Waals surface area (Å²) in [6, 6.07) is 30.9. The minimum Gasteiger partial charge on any atom is -0.397 e. The first kappa shape index (κ1) is 23.9. The van der Waals surface area contributed by atoms with Crippen molar-refractivity contribution in [1.82, 2.24) is 0 Å². The summed E-state index contributed by atoms with van der Waals surface area (Å²) < 4.78 is 0. The predicted octanol–water partition coefficient (Wildman–Crippen LogP) is 9.18. The quantitative estimate of drug-likeness (QED) is 0.134. The highest BCUT2D eigenvalue weighted by Gasteiger charge is 2.18. The van der Waals surface area contributed by atoms with Crippen molar-refractivity contribution in [2.24, 2.45) is 0 Å². The molecular formula is C34H36N2. The van der Waals surface area contributed by atoms with Gasteiger partial charge in [0, 0.05) is 10.8 Å². The van der Waals surface area contributed by atoms with Crippen molar-refractivity contribution in [1.29, 1.82) is 0 Å². The summed E-state index contributed by atoms with van der Waals surface area (Å²) >= 11 is 0. The van der Waals surface area contributed by atoms with Gasteiger partial charge in [0.15, 0.2) is 0 Å². The van der Waals surface area contributed by atoms with E-state index in [-0.39, 0.29) is 0 Å². The van der Waals surface area contributed by atoms with Crippen LogP contribution in [0.5, 0.6) is 0 Å². The van der Waals surface area contributed by atoms with E-state index in [1.807, 2.05) is 6.07 Å². The molecule has 0 saturated carbocycles. The molecule has 2 heteroatoms. The zero-order valence-corrected chi connectivity index (χ0v) is 21.5. The molecule has 0 saturated heterocycles. The second kappa shape index (κ2) is 10.5. The van der Waals surface area contributed by atoms with Gasteiger partial charge in [0.05, 0.1) is 11.4 Å². The molecule has 0 aliphatic heterocycles. The first-order valence-electron chi connectivity index (χ1n) is 13.3. The average molecular weight is 473 g/mol. The molecular weight excluding hydrogens is 436 g/mol. The van der Waals surface area contributed by atoms with Crippen LogP contribution in [0.3, 0.4) is 0 Å². The minimum absolute atomic E-state index is 0.658. The molecule has 0 aliphatic rings. The predicted molar refractivity (Wildman–Crippen MR) is 158 cm³/mol.